The Bertz CT molecular complexity index is 813. The molecule has 158 valence electrons. The second-order valence-corrected chi connectivity index (χ2v) is 9.51. The zero-order valence-electron chi connectivity index (χ0n) is 17.2. The molecule has 0 amide bonds. The molecule has 0 spiro atoms. The third-order valence-electron chi connectivity index (χ3n) is 5.00. The number of carbonyl (C=O) groups excluding carboxylic acids is 1. The highest BCUT2D eigenvalue weighted by Gasteiger charge is 2.32. The van der Waals surface area contributed by atoms with E-state index in [1.54, 1.807) is 0 Å². The second-order valence-electron chi connectivity index (χ2n) is 7.25. The zero-order chi connectivity index (χ0) is 20.8. The van der Waals surface area contributed by atoms with Crippen LogP contribution in [-0.4, -0.2) is 35.6 Å². The summed E-state index contributed by atoms with van der Waals surface area (Å²) in [5.74, 6) is 0.650. The maximum atomic E-state index is 11.4. The second kappa shape index (κ2) is 10.5. The summed E-state index contributed by atoms with van der Waals surface area (Å²) < 4.78 is 17.4. The van der Waals surface area contributed by atoms with Gasteiger partial charge in [0, 0.05) is 24.8 Å². The average Bonchev–Trinajstić information content (AvgIpc) is 2.70. The Hall–Kier alpha value is -1.56. The van der Waals surface area contributed by atoms with Crippen LogP contribution in [0.25, 0.3) is 0 Å². The van der Waals surface area contributed by atoms with Gasteiger partial charge in [-0.15, -0.1) is 10.5 Å². The van der Waals surface area contributed by atoms with Crippen LogP contribution in [0.4, 0.5) is 0 Å². The lowest BCUT2D eigenvalue weighted by molar-refractivity contribution is -0.154. The van der Waals surface area contributed by atoms with Crippen molar-refractivity contribution >= 4 is 33.4 Å². The summed E-state index contributed by atoms with van der Waals surface area (Å²) in [6, 6.07) is 8.14. The number of allylic oxidation sites excluding steroid dienone is 3. The van der Waals surface area contributed by atoms with E-state index < -0.39 is 0 Å². The molecule has 2 aliphatic heterocycles. The van der Waals surface area contributed by atoms with Gasteiger partial charge in [0.05, 0.1) is 12.7 Å². The van der Waals surface area contributed by atoms with E-state index in [1.165, 1.54) is 12.5 Å². The molecule has 1 fully saturated rings. The number of esters is 1. The fourth-order valence-corrected chi connectivity index (χ4v) is 5.87. The van der Waals surface area contributed by atoms with Gasteiger partial charge in [0.2, 0.25) is 0 Å². The predicted molar refractivity (Wildman–Crippen MR) is 121 cm³/mol. The van der Waals surface area contributed by atoms with E-state index in [1.807, 2.05) is 25.1 Å². The highest BCUT2D eigenvalue weighted by atomic mass is 35.5. The lowest BCUT2D eigenvalue weighted by atomic mass is 10.0. The Balaban J connectivity index is 1.74. The van der Waals surface area contributed by atoms with Crippen LogP contribution in [0.5, 0.6) is 5.75 Å². The summed E-state index contributed by atoms with van der Waals surface area (Å²) in [4.78, 5) is 11.4. The van der Waals surface area contributed by atoms with Gasteiger partial charge in [-0.25, -0.2) is 0 Å². The van der Waals surface area contributed by atoms with Gasteiger partial charge in [0.1, 0.15) is 17.3 Å². The lowest BCUT2D eigenvalue weighted by Crippen LogP contribution is -2.36. The number of benzene rings is 1. The molecule has 0 radical (unpaired) electrons. The Labute approximate surface area is 180 Å². The molecule has 2 heterocycles. The third kappa shape index (κ3) is 6.21. The zero-order valence-corrected chi connectivity index (χ0v) is 18.8. The van der Waals surface area contributed by atoms with Crippen LogP contribution in [-0.2, 0) is 20.7 Å². The number of rotatable bonds is 7. The van der Waals surface area contributed by atoms with Gasteiger partial charge < -0.3 is 14.2 Å². The van der Waals surface area contributed by atoms with Crippen molar-refractivity contribution in [1.82, 2.24) is 0 Å². The van der Waals surface area contributed by atoms with Crippen molar-refractivity contribution < 1.29 is 19.0 Å². The first-order valence-corrected chi connectivity index (χ1v) is 11.9. The molecule has 1 aromatic rings. The number of ether oxygens (including phenoxy) is 3. The van der Waals surface area contributed by atoms with Gasteiger partial charge in [-0.2, -0.15) is 0 Å². The maximum Gasteiger partial charge on any atom is 0.302 e. The van der Waals surface area contributed by atoms with Crippen molar-refractivity contribution in [3.63, 3.8) is 0 Å². The van der Waals surface area contributed by atoms with Crippen LogP contribution in [0.1, 0.15) is 45.6 Å². The van der Waals surface area contributed by atoms with Crippen LogP contribution in [0.3, 0.4) is 0 Å². The van der Waals surface area contributed by atoms with Crippen molar-refractivity contribution in [2.45, 2.75) is 64.1 Å². The fourth-order valence-electron chi connectivity index (χ4n) is 3.58. The standard InChI is InChI=1S/C23H29ClO4S/c1-4-19-13-21(27-16(3)25)14-23(28-19)29-11-10-22(24)18(15-29)12-17-6-8-20(9-7-17)26-5-2/h6-11,15,19,21,23H,4-5,12-14H2,1-3H3/t19-,21+,23+,29?/m1/s1. The molecule has 0 aromatic heterocycles. The van der Waals surface area contributed by atoms with E-state index in [2.05, 4.69) is 29.8 Å². The van der Waals surface area contributed by atoms with E-state index in [0.717, 1.165) is 35.6 Å². The largest absolute Gasteiger partial charge is 0.494 e. The molecule has 3 rings (SSSR count). The quantitative estimate of drug-likeness (QED) is 0.414. The topological polar surface area (TPSA) is 44.8 Å². The SMILES string of the molecule is CCOc1ccc(CC2=C(Cl)C=CS([C@H]3C[C@@H](OC(C)=O)C[C@@H](CC)O3)=C2)cc1. The van der Waals surface area contributed by atoms with E-state index in [0.29, 0.717) is 13.0 Å². The minimum absolute atomic E-state index is 0.00870. The first-order chi connectivity index (χ1) is 14.0. The third-order valence-corrected chi connectivity index (χ3v) is 7.29. The number of carbonyl (C=O) groups is 1. The molecule has 4 atom stereocenters. The van der Waals surface area contributed by atoms with Crippen LogP contribution in [0.15, 0.2) is 46.4 Å². The van der Waals surface area contributed by atoms with Crippen LogP contribution in [0, 0.1) is 0 Å². The molecular weight excluding hydrogens is 408 g/mol. The van der Waals surface area contributed by atoms with Crippen molar-refractivity contribution in [1.29, 1.82) is 0 Å². The van der Waals surface area contributed by atoms with Gasteiger partial charge in [-0.1, -0.05) is 30.7 Å². The highest BCUT2D eigenvalue weighted by Crippen LogP contribution is 2.38. The number of halogens is 1. The number of hydrogen-bond acceptors (Lipinski definition) is 4. The molecule has 6 heteroatoms. The molecule has 29 heavy (non-hydrogen) atoms. The normalized spacial score (nSPS) is 26.8. The molecule has 0 bridgehead atoms. The summed E-state index contributed by atoms with van der Waals surface area (Å²) in [7, 11) is -0.207. The van der Waals surface area contributed by atoms with Gasteiger partial charge in [0.15, 0.2) is 0 Å². The van der Waals surface area contributed by atoms with Crippen molar-refractivity contribution in [3.05, 3.63) is 51.9 Å². The van der Waals surface area contributed by atoms with Gasteiger partial charge in [-0.3, -0.25) is 4.79 Å². The Morgan fingerprint density at radius 1 is 1.24 bits per heavy atom. The van der Waals surface area contributed by atoms with E-state index in [-0.39, 0.29) is 34.1 Å². The Kier molecular flexibility index (Phi) is 7.99. The predicted octanol–water partition coefficient (Wildman–Crippen LogP) is 5.57. The van der Waals surface area contributed by atoms with Crippen LogP contribution < -0.4 is 4.74 Å². The van der Waals surface area contributed by atoms with Gasteiger partial charge in [-0.05, 0) is 59.9 Å². The monoisotopic (exact) mass is 436 g/mol. The molecule has 1 unspecified atom stereocenters. The first-order valence-electron chi connectivity index (χ1n) is 10.1. The molecule has 0 aliphatic carbocycles. The Morgan fingerprint density at radius 2 is 2.00 bits per heavy atom. The molecular formula is C23H29ClO4S. The Morgan fingerprint density at radius 3 is 2.66 bits per heavy atom. The molecule has 0 saturated carbocycles. The van der Waals surface area contributed by atoms with Crippen molar-refractivity contribution in [3.8, 4) is 5.75 Å². The van der Waals surface area contributed by atoms with Crippen LogP contribution in [0.2, 0.25) is 0 Å². The van der Waals surface area contributed by atoms with E-state index >= 15 is 0 Å². The van der Waals surface area contributed by atoms with Crippen molar-refractivity contribution in [2.75, 3.05) is 6.61 Å². The molecule has 2 aliphatic rings. The van der Waals surface area contributed by atoms with Crippen LogP contribution >= 0.6 is 22.1 Å². The smallest absolute Gasteiger partial charge is 0.302 e. The molecule has 0 N–H and O–H groups in total. The molecule has 4 nitrogen and oxygen atoms in total. The molecule has 1 saturated heterocycles. The van der Waals surface area contributed by atoms with Crippen molar-refractivity contribution in [2.24, 2.45) is 0 Å². The first kappa shape index (κ1) is 22.1. The summed E-state index contributed by atoms with van der Waals surface area (Å²) in [5, 5.41) is 5.12. The minimum Gasteiger partial charge on any atom is -0.494 e. The average molecular weight is 437 g/mol. The summed E-state index contributed by atoms with van der Waals surface area (Å²) in [6.07, 6.45) is 5.16. The summed E-state index contributed by atoms with van der Waals surface area (Å²) in [5.41, 5.74) is 2.30. The van der Waals surface area contributed by atoms with Gasteiger partial charge >= 0.3 is 5.97 Å². The summed E-state index contributed by atoms with van der Waals surface area (Å²) >= 11 is 6.50. The highest BCUT2D eigenvalue weighted by molar-refractivity contribution is 8.18. The fraction of sp³-hybridized carbons (Fsp3) is 0.478. The maximum absolute atomic E-state index is 11.4. The minimum atomic E-state index is -0.226. The van der Waals surface area contributed by atoms with E-state index in [9.17, 15) is 4.79 Å². The van der Waals surface area contributed by atoms with Gasteiger partial charge in [0.25, 0.3) is 0 Å². The lowest BCUT2D eigenvalue weighted by Gasteiger charge is -2.36. The summed E-state index contributed by atoms with van der Waals surface area (Å²) in [6.45, 7) is 6.21. The molecule has 1 aromatic carbocycles. The number of hydrogen-bond donors (Lipinski definition) is 0. The van der Waals surface area contributed by atoms with E-state index in [4.69, 9.17) is 25.8 Å².